The van der Waals surface area contributed by atoms with Gasteiger partial charge in [0.15, 0.2) is 16.8 Å². The molecule has 0 amide bonds. The van der Waals surface area contributed by atoms with Crippen molar-refractivity contribution in [1.82, 2.24) is 25.1 Å². The number of allylic oxidation sites excluding steroid dienone is 1. The second kappa shape index (κ2) is 9.97. The van der Waals surface area contributed by atoms with Crippen LogP contribution in [0.5, 0.6) is 0 Å². The number of likely N-dealkylation sites (N-methyl/N-ethyl adjacent to an activating group) is 1. The number of benzene rings is 1. The van der Waals surface area contributed by atoms with Crippen molar-refractivity contribution < 1.29 is 4.79 Å². The van der Waals surface area contributed by atoms with Crippen LogP contribution in [0.2, 0.25) is 0 Å². The van der Waals surface area contributed by atoms with E-state index in [0.29, 0.717) is 17.4 Å². The number of hydrogen-bond acceptors (Lipinski definition) is 8. The maximum atomic E-state index is 11.6. The van der Waals surface area contributed by atoms with Gasteiger partial charge in [-0.15, -0.1) is 0 Å². The molecule has 3 heterocycles. The van der Waals surface area contributed by atoms with Gasteiger partial charge in [-0.3, -0.25) is 9.89 Å². The molecule has 3 aromatic rings. The Morgan fingerprint density at radius 2 is 1.91 bits per heavy atom. The largest absolute Gasteiger partial charge is 0.354 e. The van der Waals surface area contributed by atoms with Crippen LogP contribution in [0.4, 0.5) is 17.5 Å². The number of rotatable bonds is 8. The molecule has 0 unspecified atom stereocenters. The molecule has 1 aliphatic rings. The number of ketones is 1. The standard InChI is InChI=1S/C23H27N7OS/c1-4-18(31)14-17-5-7-19(8-6-17)32-23-25-20(24-21-13-16(2)27-28-21)15-22(26-23)30-11-9-29(3)10-12-30/h4-8,13,15H,1,9-12,14H2,2-3H3,(H2,24,25,26,27,28). The first-order valence-corrected chi connectivity index (χ1v) is 11.3. The molecule has 32 heavy (non-hydrogen) atoms. The van der Waals surface area contributed by atoms with Gasteiger partial charge < -0.3 is 15.1 Å². The van der Waals surface area contributed by atoms with Crippen LogP contribution in [0.1, 0.15) is 11.3 Å². The van der Waals surface area contributed by atoms with E-state index >= 15 is 0 Å². The van der Waals surface area contributed by atoms with E-state index in [0.717, 1.165) is 54.0 Å². The monoisotopic (exact) mass is 449 g/mol. The Kier molecular flexibility index (Phi) is 6.87. The fourth-order valence-corrected chi connectivity index (χ4v) is 4.15. The van der Waals surface area contributed by atoms with Crippen molar-refractivity contribution in [1.29, 1.82) is 0 Å². The van der Waals surface area contributed by atoms with Crippen LogP contribution in [0.3, 0.4) is 0 Å². The topological polar surface area (TPSA) is 90.0 Å². The zero-order valence-corrected chi connectivity index (χ0v) is 19.2. The molecule has 0 spiro atoms. The van der Waals surface area contributed by atoms with E-state index in [2.05, 4.69) is 38.9 Å². The van der Waals surface area contributed by atoms with Crippen LogP contribution in [0, 0.1) is 6.92 Å². The lowest BCUT2D eigenvalue weighted by Crippen LogP contribution is -2.44. The number of aromatic amines is 1. The molecule has 1 aromatic carbocycles. The minimum Gasteiger partial charge on any atom is -0.354 e. The maximum Gasteiger partial charge on any atom is 0.196 e. The van der Waals surface area contributed by atoms with Gasteiger partial charge in [-0.25, -0.2) is 9.97 Å². The predicted octanol–water partition coefficient (Wildman–Crippen LogP) is 3.45. The minimum atomic E-state index is 0.0120. The van der Waals surface area contributed by atoms with Crippen LogP contribution in [0.15, 0.2) is 59.1 Å². The summed E-state index contributed by atoms with van der Waals surface area (Å²) in [6, 6.07) is 11.8. The third-order valence-corrected chi connectivity index (χ3v) is 6.09. The van der Waals surface area contributed by atoms with E-state index < -0.39 is 0 Å². The van der Waals surface area contributed by atoms with E-state index in [1.165, 1.54) is 17.8 Å². The van der Waals surface area contributed by atoms with E-state index in [-0.39, 0.29) is 5.78 Å². The quantitative estimate of drug-likeness (QED) is 0.399. The molecule has 0 radical (unpaired) electrons. The number of H-pyrrole nitrogens is 1. The Balaban J connectivity index is 1.56. The molecule has 0 aliphatic carbocycles. The Labute approximate surface area is 192 Å². The van der Waals surface area contributed by atoms with Gasteiger partial charge in [0.05, 0.1) is 0 Å². The number of piperazine rings is 1. The summed E-state index contributed by atoms with van der Waals surface area (Å²) in [4.78, 5) is 26.7. The van der Waals surface area contributed by atoms with Crippen molar-refractivity contribution in [3.63, 3.8) is 0 Å². The highest BCUT2D eigenvalue weighted by Gasteiger charge is 2.18. The zero-order chi connectivity index (χ0) is 22.5. The molecule has 8 nitrogen and oxygen atoms in total. The van der Waals surface area contributed by atoms with Gasteiger partial charge in [-0.2, -0.15) is 5.10 Å². The van der Waals surface area contributed by atoms with Gasteiger partial charge in [0.1, 0.15) is 11.6 Å². The van der Waals surface area contributed by atoms with E-state index in [1.807, 2.05) is 43.3 Å². The van der Waals surface area contributed by atoms with Gasteiger partial charge in [0, 0.05) is 55.3 Å². The summed E-state index contributed by atoms with van der Waals surface area (Å²) in [7, 11) is 2.14. The number of aromatic nitrogens is 4. The number of anilines is 3. The summed E-state index contributed by atoms with van der Waals surface area (Å²) in [6.45, 7) is 9.33. The Bertz CT molecular complexity index is 1090. The van der Waals surface area contributed by atoms with Gasteiger partial charge >= 0.3 is 0 Å². The molecule has 166 valence electrons. The number of carbonyl (C=O) groups excluding carboxylic acids is 1. The predicted molar refractivity (Wildman–Crippen MR) is 128 cm³/mol. The molecule has 9 heteroatoms. The summed E-state index contributed by atoms with van der Waals surface area (Å²) in [5.74, 6) is 2.34. The lowest BCUT2D eigenvalue weighted by atomic mass is 10.1. The number of nitrogens with one attached hydrogen (secondary N) is 2. The van der Waals surface area contributed by atoms with Crippen molar-refractivity contribution in [2.24, 2.45) is 0 Å². The molecule has 2 N–H and O–H groups in total. The van der Waals surface area contributed by atoms with Crippen molar-refractivity contribution in [3.05, 3.63) is 60.3 Å². The smallest absolute Gasteiger partial charge is 0.196 e. The Morgan fingerprint density at radius 1 is 1.16 bits per heavy atom. The van der Waals surface area contributed by atoms with Gasteiger partial charge in [-0.05, 0) is 49.5 Å². The Morgan fingerprint density at radius 3 is 2.56 bits per heavy atom. The van der Waals surface area contributed by atoms with Crippen LogP contribution >= 0.6 is 11.8 Å². The molecule has 1 aliphatic heterocycles. The average Bonchev–Trinajstić information content (AvgIpc) is 3.19. The van der Waals surface area contributed by atoms with Crippen LogP contribution < -0.4 is 10.2 Å². The molecular weight excluding hydrogens is 422 g/mol. The fraction of sp³-hybridized carbons (Fsp3) is 0.304. The molecule has 2 aromatic heterocycles. The number of carbonyl (C=O) groups is 1. The highest BCUT2D eigenvalue weighted by Crippen LogP contribution is 2.29. The third-order valence-electron chi connectivity index (χ3n) is 5.22. The first kappa shape index (κ1) is 22.0. The molecule has 1 saturated heterocycles. The van der Waals surface area contributed by atoms with Crippen LogP contribution in [-0.2, 0) is 11.2 Å². The van der Waals surface area contributed by atoms with Crippen molar-refractivity contribution in [2.45, 2.75) is 23.4 Å². The fourth-order valence-electron chi connectivity index (χ4n) is 3.39. The average molecular weight is 450 g/mol. The molecule has 1 fully saturated rings. The van der Waals surface area contributed by atoms with E-state index in [9.17, 15) is 4.79 Å². The van der Waals surface area contributed by atoms with Crippen LogP contribution in [-0.4, -0.2) is 64.1 Å². The molecular formula is C23H27N7OS. The van der Waals surface area contributed by atoms with Gasteiger partial charge in [0.25, 0.3) is 0 Å². The summed E-state index contributed by atoms with van der Waals surface area (Å²) in [5, 5.41) is 11.1. The Hall–Kier alpha value is -3.17. The zero-order valence-electron chi connectivity index (χ0n) is 18.3. The summed E-state index contributed by atoms with van der Waals surface area (Å²) in [6.07, 6.45) is 1.72. The number of nitrogens with zero attached hydrogens (tertiary/aromatic N) is 5. The molecule has 0 bridgehead atoms. The summed E-state index contributed by atoms with van der Waals surface area (Å²) in [5.41, 5.74) is 1.94. The van der Waals surface area contributed by atoms with Gasteiger partial charge in [-0.1, -0.05) is 18.7 Å². The first-order valence-electron chi connectivity index (χ1n) is 10.5. The van der Waals surface area contributed by atoms with E-state index in [1.54, 1.807) is 0 Å². The molecule has 4 rings (SSSR count). The second-order valence-corrected chi connectivity index (χ2v) is 8.88. The maximum absolute atomic E-state index is 11.6. The van der Waals surface area contributed by atoms with Crippen LogP contribution in [0.25, 0.3) is 0 Å². The lowest BCUT2D eigenvalue weighted by molar-refractivity contribution is -0.114. The SMILES string of the molecule is C=CC(=O)Cc1ccc(Sc2nc(Nc3cc(C)[nH]n3)cc(N3CCN(C)CC3)n2)cc1. The van der Waals surface area contributed by atoms with E-state index in [4.69, 9.17) is 9.97 Å². The second-order valence-electron chi connectivity index (χ2n) is 7.84. The highest BCUT2D eigenvalue weighted by atomic mass is 32.2. The highest BCUT2D eigenvalue weighted by molar-refractivity contribution is 7.99. The van der Waals surface area contributed by atoms with Crippen molar-refractivity contribution >= 4 is 35.0 Å². The molecule has 0 atom stereocenters. The molecule has 0 saturated carbocycles. The summed E-state index contributed by atoms with van der Waals surface area (Å²) >= 11 is 1.50. The van der Waals surface area contributed by atoms with Gasteiger partial charge in [0.2, 0.25) is 0 Å². The van der Waals surface area contributed by atoms with Crippen molar-refractivity contribution in [3.8, 4) is 0 Å². The lowest BCUT2D eigenvalue weighted by Gasteiger charge is -2.33. The first-order chi connectivity index (χ1) is 15.5. The normalized spacial score (nSPS) is 14.4. The minimum absolute atomic E-state index is 0.0120. The van der Waals surface area contributed by atoms with Crippen molar-refractivity contribution in [2.75, 3.05) is 43.4 Å². The number of hydrogen-bond donors (Lipinski definition) is 2. The third kappa shape index (κ3) is 5.74. The number of aryl methyl sites for hydroxylation is 1. The summed E-state index contributed by atoms with van der Waals surface area (Å²) < 4.78 is 0.